The molecule has 0 amide bonds. The molecule has 2 aromatic rings. The zero-order chi connectivity index (χ0) is 13.3. The first-order valence-electron chi connectivity index (χ1n) is 4.96. The molecule has 0 bridgehead atoms. The number of sulfone groups is 1. The SMILES string of the molecule is Cc1cnc(-c2ccc(S(=O)(=O)C(F)F)cc2)o1. The molecule has 1 aromatic carbocycles. The average molecular weight is 273 g/mol. The molecule has 0 aliphatic carbocycles. The van der Waals surface area contributed by atoms with Gasteiger partial charge >= 0.3 is 5.76 Å². The van der Waals surface area contributed by atoms with Gasteiger partial charge in [-0.2, -0.15) is 8.78 Å². The summed E-state index contributed by atoms with van der Waals surface area (Å²) < 4.78 is 52.2. The van der Waals surface area contributed by atoms with Crippen LogP contribution in [0.4, 0.5) is 8.78 Å². The molecule has 0 saturated heterocycles. The van der Waals surface area contributed by atoms with E-state index < -0.39 is 20.5 Å². The zero-order valence-corrected chi connectivity index (χ0v) is 10.1. The molecule has 4 nitrogen and oxygen atoms in total. The molecule has 0 radical (unpaired) electrons. The van der Waals surface area contributed by atoms with Crippen LogP contribution in [-0.2, 0) is 9.84 Å². The van der Waals surface area contributed by atoms with Gasteiger partial charge in [0.15, 0.2) is 0 Å². The molecule has 0 spiro atoms. The van der Waals surface area contributed by atoms with E-state index in [-0.39, 0.29) is 0 Å². The third-order valence-corrected chi connectivity index (χ3v) is 3.68. The number of oxazole rings is 1. The second-order valence-electron chi connectivity index (χ2n) is 3.61. The van der Waals surface area contributed by atoms with E-state index in [1.807, 2.05) is 0 Å². The van der Waals surface area contributed by atoms with Gasteiger partial charge in [-0.1, -0.05) is 0 Å². The third kappa shape index (κ3) is 2.26. The van der Waals surface area contributed by atoms with Gasteiger partial charge in [-0.25, -0.2) is 13.4 Å². The lowest BCUT2D eigenvalue weighted by Crippen LogP contribution is -2.11. The van der Waals surface area contributed by atoms with E-state index >= 15 is 0 Å². The number of benzene rings is 1. The van der Waals surface area contributed by atoms with Crippen LogP contribution in [0.3, 0.4) is 0 Å². The molecular formula is C11H9F2NO3S. The summed E-state index contributed by atoms with van der Waals surface area (Å²) in [5, 5.41) is 0. The fourth-order valence-corrected chi connectivity index (χ4v) is 2.10. The summed E-state index contributed by atoms with van der Waals surface area (Å²) in [6, 6.07) is 4.97. The van der Waals surface area contributed by atoms with Crippen LogP contribution in [0.2, 0.25) is 0 Å². The minimum Gasteiger partial charge on any atom is -0.441 e. The van der Waals surface area contributed by atoms with Crippen molar-refractivity contribution in [2.24, 2.45) is 0 Å². The van der Waals surface area contributed by atoms with Crippen LogP contribution in [0.5, 0.6) is 0 Å². The summed E-state index contributed by atoms with van der Waals surface area (Å²) in [5.74, 6) is -2.50. The molecule has 7 heteroatoms. The number of alkyl halides is 2. The molecule has 2 rings (SSSR count). The van der Waals surface area contributed by atoms with E-state index in [2.05, 4.69) is 4.98 Å². The first-order chi connectivity index (χ1) is 8.41. The predicted molar refractivity (Wildman–Crippen MR) is 59.9 cm³/mol. The van der Waals surface area contributed by atoms with Crippen LogP contribution >= 0.6 is 0 Å². The largest absolute Gasteiger partial charge is 0.441 e. The monoisotopic (exact) mass is 273 g/mol. The summed E-state index contributed by atoms with van der Waals surface area (Å²) in [6.45, 7) is 1.71. The number of nitrogens with zero attached hydrogens (tertiary/aromatic N) is 1. The minimum atomic E-state index is -4.55. The number of hydrogen-bond acceptors (Lipinski definition) is 4. The van der Waals surface area contributed by atoms with Gasteiger partial charge in [0, 0.05) is 5.56 Å². The van der Waals surface area contributed by atoms with E-state index in [1.54, 1.807) is 6.92 Å². The van der Waals surface area contributed by atoms with Gasteiger partial charge in [-0.05, 0) is 31.2 Å². The van der Waals surface area contributed by atoms with Crippen LogP contribution in [0.15, 0.2) is 39.8 Å². The molecule has 0 atom stereocenters. The van der Waals surface area contributed by atoms with E-state index in [4.69, 9.17) is 4.42 Å². The molecule has 1 aromatic heterocycles. The molecule has 18 heavy (non-hydrogen) atoms. The highest BCUT2D eigenvalue weighted by molar-refractivity contribution is 7.91. The summed E-state index contributed by atoms with van der Waals surface area (Å²) in [7, 11) is -4.55. The Bertz CT molecular complexity index is 647. The van der Waals surface area contributed by atoms with Crippen molar-refractivity contribution in [3.05, 3.63) is 36.2 Å². The number of hydrogen-bond donors (Lipinski definition) is 0. The van der Waals surface area contributed by atoms with E-state index in [0.29, 0.717) is 17.2 Å². The molecule has 1 heterocycles. The van der Waals surface area contributed by atoms with Crippen molar-refractivity contribution in [1.82, 2.24) is 4.98 Å². The van der Waals surface area contributed by atoms with Crippen LogP contribution in [-0.4, -0.2) is 19.2 Å². The third-order valence-electron chi connectivity index (χ3n) is 2.29. The topological polar surface area (TPSA) is 60.2 Å². The fraction of sp³-hybridized carbons (Fsp3) is 0.182. The Morgan fingerprint density at radius 3 is 2.28 bits per heavy atom. The number of rotatable bonds is 3. The standard InChI is InChI=1S/C11H9F2NO3S/c1-7-6-14-10(17-7)8-2-4-9(5-3-8)18(15,16)11(12)13/h2-6,11H,1H3. The lowest BCUT2D eigenvalue weighted by molar-refractivity contribution is 0.234. The van der Waals surface area contributed by atoms with Crippen molar-refractivity contribution in [3.63, 3.8) is 0 Å². The smallest absolute Gasteiger partial charge is 0.341 e. The first kappa shape index (κ1) is 12.7. The van der Waals surface area contributed by atoms with Crippen LogP contribution in [0, 0.1) is 6.92 Å². The highest BCUT2D eigenvalue weighted by Gasteiger charge is 2.26. The molecule has 0 N–H and O–H groups in total. The second-order valence-corrected chi connectivity index (χ2v) is 5.52. The van der Waals surface area contributed by atoms with Gasteiger partial charge in [0.1, 0.15) is 5.76 Å². The fourth-order valence-electron chi connectivity index (χ4n) is 1.38. The highest BCUT2D eigenvalue weighted by atomic mass is 32.2. The van der Waals surface area contributed by atoms with Crippen molar-refractivity contribution in [1.29, 1.82) is 0 Å². The molecule has 96 valence electrons. The number of halogens is 2. The van der Waals surface area contributed by atoms with Crippen LogP contribution in [0.1, 0.15) is 5.76 Å². The second kappa shape index (κ2) is 4.49. The summed E-state index contributed by atoms with van der Waals surface area (Å²) >= 11 is 0. The normalized spacial score (nSPS) is 12.0. The first-order valence-corrected chi connectivity index (χ1v) is 6.51. The summed E-state index contributed by atoms with van der Waals surface area (Å²) in [4.78, 5) is 3.52. The molecule has 0 aliphatic rings. The average Bonchev–Trinajstić information content (AvgIpc) is 2.76. The van der Waals surface area contributed by atoms with Crippen LogP contribution < -0.4 is 0 Å². The molecular weight excluding hydrogens is 264 g/mol. The Kier molecular flexibility index (Phi) is 3.16. The quantitative estimate of drug-likeness (QED) is 0.862. The Morgan fingerprint density at radius 2 is 1.83 bits per heavy atom. The van der Waals surface area contributed by atoms with Crippen LogP contribution in [0.25, 0.3) is 11.5 Å². The molecule has 0 aliphatic heterocycles. The Labute approximate surface area is 102 Å². The highest BCUT2D eigenvalue weighted by Crippen LogP contribution is 2.23. The van der Waals surface area contributed by atoms with Crippen molar-refractivity contribution >= 4 is 9.84 Å². The minimum absolute atomic E-state index is 0.313. The molecule has 0 unspecified atom stereocenters. The maximum atomic E-state index is 12.3. The van der Waals surface area contributed by atoms with Gasteiger partial charge < -0.3 is 4.42 Å². The van der Waals surface area contributed by atoms with Gasteiger partial charge in [-0.15, -0.1) is 0 Å². The van der Waals surface area contributed by atoms with Gasteiger partial charge in [0.05, 0.1) is 11.1 Å². The Balaban J connectivity index is 2.37. The summed E-state index contributed by atoms with van der Waals surface area (Å²) in [5.41, 5.74) is 0.524. The van der Waals surface area contributed by atoms with E-state index in [1.165, 1.54) is 18.3 Å². The molecule has 0 fully saturated rings. The lowest BCUT2D eigenvalue weighted by atomic mass is 10.2. The van der Waals surface area contributed by atoms with Crippen molar-refractivity contribution < 1.29 is 21.6 Å². The van der Waals surface area contributed by atoms with E-state index in [9.17, 15) is 17.2 Å². The summed E-state index contributed by atoms with van der Waals surface area (Å²) in [6.07, 6.45) is 1.51. The molecule has 0 saturated carbocycles. The van der Waals surface area contributed by atoms with Gasteiger partial charge in [0.25, 0.3) is 0 Å². The van der Waals surface area contributed by atoms with Crippen molar-refractivity contribution in [2.75, 3.05) is 0 Å². The van der Waals surface area contributed by atoms with E-state index in [0.717, 1.165) is 12.1 Å². The zero-order valence-electron chi connectivity index (χ0n) is 9.30. The Hall–Kier alpha value is -1.76. The number of aromatic nitrogens is 1. The maximum absolute atomic E-state index is 12.3. The maximum Gasteiger partial charge on any atom is 0.341 e. The lowest BCUT2D eigenvalue weighted by Gasteiger charge is -2.03. The van der Waals surface area contributed by atoms with Crippen molar-refractivity contribution in [2.45, 2.75) is 17.6 Å². The van der Waals surface area contributed by atoms with Gasteiger partial charge in [0.2, 0.25) is 15.7 Å². The van der Waals surface area contributed by atoms with Crippen molar-refractivity contribution in [3.8, 4) is 11.5 Å². The number of aryl methyl sites for hydroxylation is 1. The van der Waals surface area contributed by atoms with Gasteiger partial charge in [-0.3, -0.25) is 0 Å². The Morgan fingerprint density at radius 1 is 1.22 bits per heavy atom. The predicted octanol–water partition coefficient (Wildman–Crippen LogP) is 2.65.